The van der Waals surface area contributed by atoms with Crippen molar-refractivity contribution in [3.05, 3.63) is 53.6 Å². The lowest BCUT2D eigenvalue weighted by molar-refractivity contribution is 0.0696. The highest BCUT2D eigenvalue weighted by Gasteiger charge is 2.10. The topological polar surface area (TPSA) is 86.6 Å². The monoisotopic (exact) mass is 271 g/mol. The van der Waals surface area contributed by atoms with Crippen LogP contribution in [0.5, 0.6) is 5.75 Å². The van der Waals surface area contributed by atoms with Crippen molar-refractivity contribution in [2.45, 2.75) is 0 Å². The van der Waals surface area contributed by atoms with Gasteiger partial charge in [0.1, 0.15) is 5.75 Å². The molecule has 0 saturated heterocycles. The zero-order valence-electron chi connectivity index (χ0n) is 10.8. The standard InChI is InChI=1S/C15H13NO4/c1-16-14(18)10-4-2-3-9(5-10)11-6-12(15(19)20)8-13(17)7-11/h2-8,17H,1H3,(H,16,18)(H,19,20). The van der Waals surface area contributed by atoms with E-state index in [0.29, 0.717) is 16.7 Å². The number of benzene rings is 2. The van der Waals surface area contributed by atoms with Crippen LogP contribution in [0, 0.1) is 0 Å². The first-order valence-electron chi connectivity index (χ1n) is 5.91. The average Bonchev–Trinajstić information content (AvgIpc) is 2.45. The highest BCUT2D eigenvalue weighted by atomic mass is 16.4. The van der Waals surface area contributed by atoms with Crippen LogP contribution in [-0.2, 0) is 0 Å². The molecule has 0 fully saturated rings. The second-order valence-electron chi connectivity index (χ2n) is 4.23. The number of amides is 1. The molecule has 0 bridgehead atoms. The molecule has 5 nitrogen and oxygen atoms in total. The fourth-order valence-electron chi connectivity index (χ4n) is 1.89. The van der Waals surface area contributed by atoms with Gasteiger partial charge in [-0.05, 0) is 41.5 Å². The maximum atomic E-state index is 11.6. The normalized spacial score (nSPS) is 10.1. The second-order valence-corrected chi connectivity index (χ2v) is 4.23. The van der Waals surface area contributed by atoms with Crippen LogP contribution in [0.25, 0.3) is 11.1 Å². The molecule has 2 aromatic carbocycles. The molecule has 0 unspecified atom stereocenters. The molecule has 0 radical (unpaired) electrons. The van der Waals surface area contributed by atoms with Crippen LogP contribution in [0.15, 0.2) is 42.5 Å². The molecule has 102 valence electrons. The molecule has 0 atom stereocenters. The van der Waals surface area contributed by atoms with Gasteiger partial charge < -0.3 is 15.5 Å². The molecule has 0 heterocycles. The molecule has 0 saturated carbocycles. The summed E-state index contributed by atoms with van der Waals surface area (Å²) >= 11 is 0. The van der Waals surface area contributed by atoms with Gasteiger partial charge in [0.25, 0.3) is 5.91 Å². The molecule has 0 spiro atoms. The van der Waals surface area contributed by atoms with E-state index in [1.807, 2.05) is 0 Å². The van der Waals surface area contributed by atoms with Gasteiger partial charge in [0.15, 0.2) is 0 Å². The lowest BCUT2D eigenvalue weighted by Crippen LogP contribution is -2.17. The molecule has 2 aromatic rings. The minimum absolute atomic E-state index is 0.00894. The van der Waals surface area contributed by atoms with E-state index < -0.39 is 5.97 Å². The molecular formula is C15H13NO4. The number of carboxylic acid groups (broad SMARTS) is 1. The first kappa shape index (κ1) is 13.6. The van der Waals surface area contributed by atoms with E-state index in [-0.39, 0.29) is 17.2 Å². The number of rotatable bonds is 3. The van der Waals surface area contributed by atoms with Crippen LogP contribution in [0.3, 0.4) is 0 Å². The third-order valence-electron chi connectivity index (χ3n) is 2.85. The number of carbonyl (C=O) groups is 2. The maximum absolute atomic E-state index is 11.6. The van der Waals surface area contributed by atoms with Crippen molar-refractivity contribution in [3.8, 4) is 16.9 Å². The van der Waals surface area contributed by atoms with Gasteiger partial charge in [-0.15, -0.1) is 0 Å². The number of carboxylic acids is 1. The fourth-order valence-corrected chi connectivity index (χ4v) is 1.89. The van der Waals surface area contributed by atoms with Crippen LogP contribution in [0.2, 0.25) is 0 Å². The van der Waals surface area contributed by atoms with Gasteiger partial charge in [0, 0.05) is 12.6 Å². The zero-order valence-corrected chi connectivity index (χ0v) is 10.8. The van der Waals surface area contributed by atoms with Crippen molar-refractivity contribution in [2.24, 2.45) is 0 Å². The third kappa shape index (κ3) is 2.77. The Morgan fingerprint density at radius 2 is 1.70 bits per heavy atom. The van der Waals surface area contributed by atoms with Gasteiger partial charge in [0.05, 0.1) is 5.56 Å². The number of nitrogens with one attached hydrogen (secondary N) is 1. The quantitative estimate of drug-likeness (QED) is 0.798. The summed E-state index contributed by atoms with van der Waals surface area (Å²) in [7, 11) is 1.53. The predicted octanol–water partition coefficient (Wildman–Crippen LogP) is 2.12. The van der Waals surface area contributed by atoms with E-state index in [4.69, 9.17) is 5.11 Å². The molecule has 5 heteroatoms. The summed E-state index contributed by atoms with van der Waals surface area (Å²) in [6.45, 7) is 0. The van der Waals surface area contributed by atoms with E-state index in [1.165, 1.54) is 25.2 Å². The van der Waals surface area contributed by atoms with E-state index in [0.717, 1.165) is 0 Å². The van der Waals surface area contributed by atoms with Gasteiger partial charge in [-0.1, -0.05) is 12.1 Å². The van der Waals surface area contributed by atoms with Crippen LogP contribution in [0.1, 0.15) is 20.7 Å². The van der Waals surface area contributed by atoms with Crippen molar-refractivity contribution in [1.29, 1.82) is 0 Å². The first-order valence-corrected chi connectivity index (χ1v) is 5.91. The Morgan fingerprint density at radius 3 is 2.35 bits per heavy atom. The summed E-state index contributed by atoms with van der Waals surface area (Å²) < 4.78 is 0. The highest BCUT2D eigenvalue weighted by Crippen LogP contribution is 2.26. The van der Waals surface area contributed by atoms with E-state index >= 15 is 0 Å². The number of hydrogen-bond donors (Lipinski definition) is 3. The van der Waals surface area contributed by atoms with Crippen molar-refractivity contribution in [2.75, 3.05) is 7.05 Å². The first-order chi connectivity index (χ1) is 9.51. The Kier molecular flexibility index (Phi) is 3.70. The summed E-state index contributed by atoms with van der Waals surface area (Å²) in [6, 6.07) is 10.8. The van der Waals surface area contributed by atoms with Gasteiger partial charge in [-0.25, -0.2) is 4.79 Å². The molecule has 0 aliphatic rings. The summed E-state index contributed by atoms with van der Waals surface area (Å²) in [6.07, 6.45) is 0. The van der Waals surface area contributed by atoms with Crippen LogP contribution in [0.4, 0.5) is 0 Å². The number of carbonyl (C=O) groups excluding carboxylic acids is 1. The molecule has 1 amide bonds. The number of phenolic OH excluding ortho intramolecular Hbond substituents is 1. The predicted molar refractivity (Wildman–Crippen MR) is 73.9 cm³/mol. The van der Waals surface area contributed by atoms with Crippen molar-refractivity contribution < 1.29 is 19.8 Å². The smallest absolute Gasteiger partial charge is 0.335 e. The van der Waals surface area contributed by atoms with E-state index in [2.05, 4.69) is 5.32 Å². The van der Waals surface area contributed by atoms with Gasteiger partial charge in [-0.2, -0.15) is 0 Å². The highest BCUT2D eigenvalue weighted by molar-refractivity contribution is 5.95. The van der Waals surface area contributed by atoms with Crippen molar-refractivity contribution in [3.63, 3.8) is 0 Å². The third-order valence-corrected chi connectivity index (χ3v) is 2.85. The Bertz CT molecular complexity index is 679. The van der Waals surface area contributed by atoms with Crippen molar-refractivity contribution >= 4 is 11.9 Å². The van der Waals surface area contributed by atoms with Gasteiger partial charge >= 0.3 is 5.97 Å². The minimum atomic E-state index is -1.12. The van der Waals surface area contributed by atoms with Crippen LogP contribution >= 0.6 is 0 Å². The molecule has 0 aliphatic heterocycles. The maximum Gasteiger partial charge on any atom is 0.335 e. The van der Waals surface area contributed by atoms with Crippen LogP contribution < -0.4 is 5.32 Å². The Hall–Kier alpha value is -2.82. The summed E-state index contributed by atoms with van der Waals surface area (Å²) in [5.41, 5.74) is 1.65. The lowest BCUT2D eigenvalue weighted by Gasteiger charge is -2.07. The van der Waals surface area contributed by atoms with E-state index in [9.17, 15) is 14.7 Å². The zero-order chi connectivity index (χ0) is 14.7. The Balaban J connectivity index is 2.51. The fraction of sp³-hybridized carbons (Fsp3) is 0.0667. The Labute approximate surface area is 115 Å². The van der Waals surface area contributed by atoms with E-state index in [1.54, 1.807) is 24.3 Å². The number of hydrogen-bond acceptors (Lipinski definition) is 3. The second kappa shape index (κ2) is 5.44. The minimum Gasteiger partial charge on any atom is -0.508 e. The average molecular weight is 271 g/mol. The van der Waals surface area contributed by atoms with Crippen molar-refractivity contribution in [1.82, 2.24) is 5.32 Å². The number of aromatic carboxylic acids is 1. The molecule has 3 N–H and O–H groups in total. The van der Waals surface area contributed by atoms with Gasteiger partial charge in [0.2, 0.25) is 0 Å². The molecule has 0 aliphatic carbocycles. The summed E-state index contributed by atoms with van der Waals surface area (Å²) in [5.74, 6) is -1.49. The SMILES string of the molecule is CNC(=O)c1cccc(-c2cc(O)cc(C(=O)O)c2)c1. The molecule has 0 aromatic heterocycles. The molecular weight excluding hydrogens is 258 g/mol. The number of aromatic hydroxyl groups is 1. The largest absolute Gasteiger partial charge is 0.508 e. The molecule has 20 heavy (non-hydrogen) atoms. The summed E-state index contributed by atoms with van der Waals surface area (Å²) in [4.78, 5) is 22.6. The van der Waals surface area contributed by atoms with Crippen LogP contribution in [-0.4, -0.2) is 29.1 Å². The van der Waals surface area contributed by atoms with Gasteiger partial charge in [-0.3, -0.25) is 4.79 Å². The Morgan fingerprint density at radius 1 is 1.00 bits per heavy atom. The summed E-state index contributed by atoms with van der Waals surface area (Å²) in [5, 5.41) is 21.1. The molecule has 2 rings (SSSR count). The number of phenols is 1. The lowest BCUT2D eigenvalue weighted by atomic mass is 10.0.